The fourth-order valence-electron chi connectivity index (χ4n) is 0.907. The van der Waals surface area contributed by atoms with Crippen molar-refractivity contribution in [2.45, 2.75) is 6.42 Å². The van der Waals surface area contributed by atoms with Crippen molar-refractivity contribution in [2.24, 2.45) is 0 Å². The zero-order valence-corrected chi connectivity index (χ0v) is 10.3. The van der Waals surface area contributed by atoms with Crippen molar-refractivity contribution in [1.29, 1.82) is 0 Å². The van der Waals surface area contributed by atoms with Gasteiger partial charge in [-0.25, -0.2) is 4.79 Å². The number of carbonyl (C=O) groups excluding carboxylic acids is 1. The van der Waals surface area contributed by atoms with E-state index < -0.39 is 7.25 Å². The average molecular weight is 268 g/mol. The first-order chi connectivity index (χ1) is 7.70. The maximum Gasteiger partial charge on any atom is 0.673 e. The Labute approximate surface area is 101 Å². The molecule has 0 atom stereocenters. The molecule has 0 aromatic heterocycles. The third kappa shape index (κ3) is 11.3. The van der Waals surface area contributed by atoms with Gasteiger partial charge in [0.05, 0.1) is 17.3 Å². The maximum atomic E-state index is 11.3. The lowest BCUT2D eigenvalue weighted by molar-refractivity contribution is -0.110. The third-order valence-electron chi connectivity index (χ3n) is 1.65. The van der Waals surface area contributed by atoms with E-state index in [2.05, 4.69) is 0 Å². The first kappa shape index (κ1) is 16.0. The lowest BCUT2D eigenvalue weighted by Gasteiger charge is -1.96. The number of carbonyl (C=O) groups is 1. The van der Waals surface area contributed by atoms with Gasteiger partial charge >= 0.3 is 12.4 Å². The molecule has 0 radical (unpaired) electrons. The summed E-state index contributed by atoms with van der Waals surface area (Å²) in [5.74, 6) is 0. The van der Waals surface area contributed by atoms with Crippen LogP contribution < -0.4 is 0 Å². The monoisotopic (exact) mass is 268 g/mol. The van der Waals surface area contributed by atoms with Crippen LogP contribution in [0.15, 0.2) is 30.3 Å². The van der Waals surface area contributed by atoms with Crippen LogP contribution in [-0.4, -0.2) is 24.9 Å². The molecule has 0 N–H and O–H groups in total. The first-order valence-corrected chi connectivity index (χ1v) is 6.76. The smallest absolute Gasteiger partial charge is 0.418 e. The minimum atomic E-state index is -6.00. The average Bonchev–Trinajstić information content (AvgIpc) is 2.16. The number of hydrogen-bond donors (Lipinski definition) is 0. The molecule has 1 rings (SSSR count). The van der Waals surface area contributed by atoms with E-state index in [-0.39, 0.29) is 10.9 Å². The fraction of sp³-hybridized carbons (Fsp3) is 0.300. The van der Waals surface area contributed by atoms with Gasteiger partial charge in [-0.1, -0.05) is 30.3 Å². The van der Waals surface area contributed by atoms with Crippen LogP contribution in [0.4, 0.5) is 17.3 Å². The molecule has 0 unspecified atom stereocenters. The summed E-state index contributed by atoms with van der Waals surface area (Å²) in [5.41, 5.74) is 1.11. The maximum absolute atomic E-state index is 11.3. The van der Waals surface area contributed by atoms with E-state index in [1.54, 1.807) is 0 Å². The summed E-state index contributed by atoms with van der Waals surface area (Å²) in [6, 6.07) is 9.87. The van der Waals surface area contributed by atoms with E-state index in [9.17, 15) is 22.1 Å². The van der Waals surface area contributed by atoms with Gasteiger partial charge in [0.25, 0.3) is 0 Å². The topological polar surface area (TPSA) is 17.1 Å². The molecule has 0 saturated carbocycles. The van der Waals surface area contributed by atoms with E-state index in [0.717, 1.165) is 5.56 Å². The van der Waals surface area contributed by atoms with Crippen LogP contribution in [0.1, 0.15) is 5.56 Å². The highest BCUT2D eigenvalue weighted by Crippen LogP contribution is 2.06. The van der Waals surface area contributed by atoms with Gasteiger partial charge in [-0.15, -0.1) is 0 Å². The van der Waals surface area contributed by atoms with Crippen LogP contribution in [0.2, 0.25) is 0 Å². The van der Waals surface area contributed by atoms with E-state index in [4.69, 9.17) is 0 Å². The van der Waals surface area contributed by atoms with Crippen LogP contribution in [-0.2, 0) is 22.1 Å². The Morgan fingerprint density at radius 2 is 1.53 bits per heavy atom. The molecule has 0 aliphatic rings. The Bertz CT molecular complexity index is 334. The van der Waals surface area contributed by atoms with Gasteiger partial charge < -0.3 is 17.3 Å². The van der Waals surface area contributed by atoms with Gasteiger partial charge in [-0.05, 0) is 5.56 Å². The van der Waals surface area contributed by atoms with E-state index >= 15 is 0 Å². The molecule has 7 heteroatoms. The summed E-state index contributed by atoms with van der Waals surface area (Å²) >= 11 is 0. The second-order valence-electron chi connectivity index (χ2n) is 3.35. The van der Waals surface area contributed by atoms with Crippen LogP contribution in [0.3, 0.4) is 0 Å². The zero-order chi connectivity index (χ0) is 13.5. The van der Waals surface area contributed by atoms with Gasteiger partial charge in [-0.2, -0.15) is 0 Å². The minimum absolute atomic E-state index is 0.0997. The Kier molecular flexibility index (Phi) is 6.95. The van der Waals surface area contributed by atoms with Crippen molar-refractivity contribution in [1.82, 2.24) is 0 Å². The highest BCUT2D eigenvalue weighted by molar-refractivity contribution is 8.09. The second kappa shape index (κ2) is 7.37. The molecular formula is C10H13BF4OS. The van der Waals surface area contributed by atoms with Crippen LogP contribution in [0.25, 0.3) is 0 Å². The molecule has 1 aromatic carbocycles. The van der Waals surface area contributed by atoms with Crippen molar-refractivity contribution in [3.05, 3.63) is 35.9 Å². The Hall–Kier alpha value is -0.975. The lowest BCUT2D eigenvalue weighted by atomic mass is 10.2. The zero-order valence-electron chi connectivity index (χ0n) is 9.50. The van der Waals surface area contributed by atoms with Gasteiger partial charge in [0, 0.05) is 0 Å². The molecule has 17 heavy (non-hydrogen) atoms. The van der Waals surface area contributed by atoms with E-state index in [0.29, 0.717) is 11.5 Å². The van der Waals surface area contributed by atoms with Crippen LogP contribution in [0.5, 0.6) is 0 Å². The fourth-order valence-corrected chi connectivity index (χ4v) is 1.36. The third-order valence-corrected chi connectivity index (χ3v) is 2.70. The molecule has 0 amide bonds. The van der Waals surface area contributed by atoms with Gasteiger partial charge in [0.1, 0.15) is 12.5 Å². The van der Waals surface area contributed by atoms with E-state index in [1.807, 2.05) is 42.8 Å². The van der Waals surface area contributed by atoms with Gasteiger partial charge in [-0.3, -0.25) is 0 Å². The SMILES string of the molecule is C[S+](C)C(=O)Cc1ccccc1.F[B-](F)(F)F. The molecule has 1 aromatic rings. The van der Waals surface area contributed by atoms with Crippen molar-refractivity contribution in [2.75, 3.05) is 12.5 Å². The van der Waals surface area contributed by atoms with Crippen molar-refractivity contribution in [3.63, 3.8) is 0 Å². The summed E-state index contributed by atoms with van der Waals surface area (Å²) in [6.07, 6.45) is 4.51. The van der Waals surface area contributed by atoms with Crippen LogP contribution >= 0.6 is 0 Å². The number of halogens is 4. The quantitative estimate of drug-likeness (QED) is 0.458. The van der Waals surface area contributed by atoms with Crippen molar-refractivity contribution >= 4 is 23.3 Å². The first-order valence-electron chi connectivity index (χ1n) is 4.72. The summed E-state index contributed by atoms with van der Waals surface area (Å²) < 4.78 is 39.0. The normalized spacial score (nSPS) is 10.8. The summed E-state index contributed by atoms with van der Waals surface area (Å²) in [7, 11) is -6.10. The molecule has 96 valence electrons. The summed E-state index contributed by atoms with van der Waals surface area (Å²) in [6.45, 7) is 0. The minimum Gasteiger partial charge on any atom is -0.418 e. The summed E-state index contributed by atoms with van der Waals surface area (Å²) in [4.78, 5) is 11.3. The predicted molar refractivity (Wildman–Crippen MR) is 64.6 cm³/mol. The Balaban J connectivity index is 0.000000437. The van der Waals surface area contributed by atoms with E-state index in [1.165, 1.54) is 0 Å². The molecule has 0 aliphatic carbocycles. The molecule has 0 spiro atoms. The molecule has 0 aliphatic heterocycles. The predicted octanol–water partition coefficient (Wildman–Crippen LogP) is 2.93. The number of benzene rings is 1. The Morgan fingerprint density at radius 3 is 1.88 bits per heavy atom. The van der Waals surface area contributed by atoms with Crippen molar-refractivity contribution < 1.29 is 22.1 Å². The standard InChI is InChI=1S/C10H13OS.BF4/c1-12(2)10(11)8-9-6-4-3-5-7-9;2-1(3,4)5/h3-7H,8H2,1-2H3;/q+1;-1. The summed E-state index contributed by atoms with van der Waals surface area (Å²) in [5, 5.41) is 0.334. The highest BCUT2D eigenvalue weighted by Gasteiger charge is 2.20. The lowest BCUT2D eigenvalue weighted by Crippen LogP contribution is -2.13. The highest BCUT2D eigenvalue weighted by atomic mass is 32.2. The van der Waals surface area contributed by atoms with Gasteiger partial charge in [0.2, 0.25) is 0 Å². The van der Waals surface area contributed by atoms with Crippen LogP contribution in [0, 0.1) is 0 Å². The number of hydrogen-bond acceptors (Lipinski definition) is 1. The van der Waals surface area contributed by atoms with Gasteiger partial charge in [0.15, 0.2) is 0 Å². The van der Waals surface area contributed by atoms with Crippen molar-refractivity contribution in [3.8, 4) is 0 Å². The molecule has 0 fully saturated rings. The molecule has 0 saturated heterocycles. The molecule has 1 nitrogen and oxygen atoms in total. The number of rotatable bonds is 2. The largest absolute Gasteiger partial charge is 0.673 e. The Morgan fingerprint density at radius 1 is 1.12 bits per heavy atom. The molecular weight excluding hydrogens is 255 g/mol. The molecule has 0 bridgehead atoms. The molecule has 0 heterocycles. The second-order valence-corrected chi connectivity index (χ2v) is 5.43.